The number of aliphatic hydroxyl groups is 1. The van der Waals surface area contributed by atoms with Crippen LogP contribution in [0.2, 0.25) is 0 Å². The van der Waals surface area contributed by atoms with Crippen molar-refractivity contribution in [2.75, 3.05) is 13.7 Å². The normalized spacial score (nSPS) is 12.0. The van der Waals surface area contributed by atoms with Crippen LogP contribution in [0.5, 0.6) is 0 Å². The highest BCUT2D eigenvalue weighted by Gasteiger charge is 2.11. The molecule has 0 spiro atoms. The van der Waals surface area contributed by atoms with Crippen molar-refractivity contribution in [3.05, 3.63) is 57.8 Å². The minimum absolute atomic E-state index is 0.0953. The summed E-state index contributed by atoms with van der Waals surface area (Å²) in [5.74, 6) is 5.65. The average molecular weight is 299 g/mol. The summed E-state index contributed by atoms with van der Waals surface area (Å²) >= 11 is 1.82. The van der Waals surface area contributed by atoms with Crippen LogP contribution in [0.25, 0.3) is 0 Å². The second-order valence-corrected chi connectivity index (χ2v) is 6.24. The lowest BCUT2D eigenvalue weighted by atomic mass is 10.1. The molecular formula is C18H21NOS. The Bertz CT molecular complexity index is 610. The topological polar surface area (TPSA) is 23.5 Å². The van der Waals surface area contributed by atoms with Gasteiger partial charge < -0.3 is 5.11 Å². The lowest BCUT2D eigenvalue weighted by molar-refractivity contribution is 0.249. The molecule has 0 aliphatic carbocycles. The van der Waals surface area contributed by atoms with Crippen LogP contribution < -0.4 is 0 Å². The Morgan fingerprint density at radius 2 is 2.14 bits per heavy atom. The predicted molar refractivity (Wildman–Crippen MR) is 89.4 cm³/mol. The number of likely N-dealkylation sites (N-methyl/N-ethyl adjacent to an activating group) is 1. The van der Waals surface area contributed by atoms with Crippen LogP contribution in [0.15, 0.2) is 41.8 Å². The molecule has 110 valence electrons. The van der Waals surface area contributed by atoms with E-state index in [4.69, 9.17) is 5.11 Å². The number of nitrogens with zero attached hydrogens (tertiary/aromatic N) is 1. The fourth-order valence-corrected chi connectivity index (χ4v) is 3.04. The summed E-state index contributed by atoms with van der Waals surface area (Å²) in [5, 5.41) is 10.9. The largest absolute Gasteiger partial charge is 0.384 e. The second-order valence-electron chi connectivity index (χ2n) is 5.21. The first kappa shape index (κ1) is 15.8. The zero-order chi connectivity index (χ0) is 15.1. The van der Waals surface area contributed by atoms with Crippen LogP contribution in [0, 0.1) is 11.8 Å². The Hall–Kier alpha value is -1.60. The molecule has 21 heavy (non-hydrogen) atoms. The molecule has 0 fully saturated rings. The highest BCUT2D eigenvalue weighted by molar-refractivity contribution is 7.09. The first-order valence-corrected chi connectivity index (χ1v) is 7.98. The van der Waals surface area contributed by atoms with Crippen molar-refractivity contribution in [2.45, 2.75) is 25.9 Å². The van der Waals surface area contributed by atoms with E-state index in [1.165, 1.54) is 10.4 Å². The molecule has 0 radical (unpaired) electrons. The number of benzene rings is 1. The zero-order valence-corrected chi connectivity index (χ0v) is 13.4. The first-order chi connectivity index (χ1) is 10.2. The van der Waals surface area contributed by atoms with Crippen molar-refractivity contribution < 1.29 is 5.11 Å². The summed E-state index contributed by atoms with van der Waals surface area (Å²) in [5.41, 5.74) is 2.21. The number of aliphatic hydroxyl groups excluding tert-OH is 1. The maximum absolute atomic E-state index is 8.76. The molecule has 0 bridgehead atoms. The molecule has 2 nitrogen and oxygen atoms in total. The average Bonchev–Trinajstić information content (AvgIpc) is 2.98. The van der Waals surface area contributed by atoms with Gasteiger partial charge in [-0.05, 0) is 49.5 Å². The van der Waals surface area contributed by atoms with Crippen LogP contribution in [-0.4, -0.2) is 29.7 Å². The van der Waals surface area contributed by atoms with Crippen molar-refractivity contribution in [1.82, 2.24) is 4.90 Å². The van der Waals surface area contributed by atoms with Gasteiger partial charge in [0.25, 0.3) is 0 Å². The molecule has 2 aromatic rings. The van der Waals surface area contributed by atoms with Crippen LogP contribution >= 0.6 is 11.3 Å². The molecule has 0 saturated carbocycles. The first-order valence-electron chi connectivity index (χ1n) is 7.10. The van der Waals surface area contributed by atoms with Gasteiger partial charge in [-0.3, -0.25) is 4.90 Å². The van der Waals surface area contributed by atoms with Crippen LogP contribution in [-0.2, 0) is 13.0 Å². The molecule has 0 amide bonds. The molecule has 1 heterocycles. The van der Waals surface area contributed by atoms with E-state index in [1.807, 2.05) is 23.5 Å². The second kappa shape index (κ2) is 7.99. The summed E-state index contributed by atoms with van der Waals surface area (Å²) in [6.07, 6.45) is 1.08. The van der Waals surface area contributed by atoms with E-state index in [1.54, 1.807) is 0 Å². The molecule has 0 saturated heterocycles. The van der Waals surface area contributed by atoms with Crippen LogP contribution in [0.4, 0.5) is 0 Å². The van der Waals surface area contributed by atoms with E-state index >= 15 is 0 Å². The monoisotopic (exact) mass is 299 g/mol. The quantitative estimate of drug-likeness (QED) is 0.857. The fourth-order valence-electron chi connectivity index (χ4n) is 2.21. The van der Waals surface area contributed by atoms with Gasteiger partial charge >= 0.3 is 0 Å². The lowest BCUT2D eigenvalue weighted by Crippen LogP contribution is -2.30. The summed E-state index contributed by atoms with van der Waals surface area (Å²) in [6, 6.07) is 13.0. The van der Waals surface area contributed by atoms with Crippen molar-refractivity contribution >= 4 is 11.3 Å². The van der Waals surface area contributed by atoms with Crippen molar-refractivity contribution in [2.24, 2.45) is 0 Å². The molecule has 3 heteroatoms. The third-order valence-electron chi connectivity index (χ3n) is 3.50. The molecule has 1 N–H and O–H groups in total. The number of hydrogen-bond acceptors (Lipinski definition) is 3. The smallest absolute Gasteiger partial charge is 0.104 e. The molecule has 1 atom stereocenters. The van der Waals surface area contributed by atoms with Crippen molar-refractivity contribution in [3.8, 4) is 11.8 Å². The molecule has 2 rings (SSSR count). The fraction of sp³-hybridized carbons (Fsp3) is 0.333. The van der Waals surface area contributed by atoms with E-state index in [0.717, 1.165) is 18.5 Å². The van der Waals surface area contributed by atoms with Gasteiger partial charge in [0.15, 0.2) is 0 Å². The summed E-state index contributed by atoms with van der Waals surface area (Å²) in [6.45, 7) is 3.07. The summed E-state index contributed by atoms with van der Waals surface area (Å²) in [7, 11) is 2.16. The summed E-state index contributed by atoms with van der Waals surface area (Å²) < 4.78 is 0. The Kier molecular flexibility index (Phi) is 6.01. The highest BCUT2D eigenvalue weighted by Crippen LogP contribution is 2.15. The standard InChI is InChI=1S/C18H21NOS/c1-15(12-18-9-5-11-21-18)19(2)14-17-7-3-6-16(13-17)8-4-10-20/h3,5-7,9,11,13,15,20H,10,12,14H2,1-2H3. The molecular weight excluding hydrogens is 278 g/mol. The van der Waals surface area contributed by atoms with Gasteiger partial charge in [-0.25, -0.2) is 0 Å². The van der Waals surface area contributed by atoms with Gasteiger partial charge in [0, 0.05) is 23.0 Å². The number of hydrogen-bond donors (Lipinski definition) is 1. The van der Waals surface area contributed by atoms with Gasteiger partial charge in [-0.2, -0.15) is 0 Å². The lowest BCUT2D eigenvalue weighted by Gasteiger charge is -2.24. The molecule has 0 aliphatic rings. The van der Waals surface area contributed by atoms with E-state index in [-0.39, 0.29) is 6.61 Å². The minimum Gasteiger partial charge on any atom is -0.384 e. The third kappa shape index (κ3) is 5.02. The predicted octanol–water partition coefficient (Wildman–Crippen LogP) is 3.15. The molecule has 1 aromatic carbocycles. The van der Waals surface area contributed by atoms with Crippen LogP contribution in [0.3, 0.4) is 0 Å². The van der Waals surface area contributed by atoms with Crippen molar-refractivity contribution in [3.63, 3.8) is 0 Å². The zero-order valence-electron chi connectivity index (χ0n) is 12.5. The minimum atomic E-state index is -0.0953. The Labute approximate surface area is 131 Å². The third-order valence-corrected chi connectivity index (χ3v) is 4.40. The number of rotatable bonds is 5. The van der Waals surface area contributed by atoms with Crippen molar-refractivity contribution in [1.29, 1.82) is 0 Å². The SMILES string of the molecule is CC(Cc1cccs1)N(C)Cc1cccc(C#CCO)c1. The van der Waals surface area contributed by atoms with E-state index in [9.17, 15) is 0 Å². The van der Waals surface area contributed by atoms with Crippen LogP contribution in [0.1, 0.15) is 22.9 Å². The van der Waals surface area contributed by atoms with Gasteiger partial charge in [0.05, 0.1) is 0 Å². The maximum Gasteiger partial charge on any atom is 0.104 e. The molecule has 0 aliphatic heterocycles. The van der Waals surface area contributed by atoms with E-state index < -0.39 is 0 Å². The van der Waals surface area contributed by atoms with Gasteiger partial charge in [-0.1, -0.05) is 30.0 Å². The highest BCUT2D eigenvalue weighted by atomic mass is 32.1. The molecule has 1 unspecified atom stereocenters. The Morgan fingerprint density at radius 3 is 2.86 bits per heavy atom. The van der Waals surface area contributed by atoms with Gasteiger partial charge in [0.1, 0.15) is 6.61 Å². The Morgan fingerprint density at radius 1 is 1.29 bits per heavy atom. The summed E-state index contributed by atoms with van der Waals surface area (Å²) in [4.78, 5) is 3.79. The van der Waals surface area contributed by atoms with E-state index in [2.05, 4.69) is 60.4 Å². The van der Waals surface area contributed by atoms with Gasteiger partial charge in [0.2, 0.25) is 0 Å². The van der Waals surface area contributed by atoms with E-state index in [0.29, 0.717) is 6.04 Å². The Balaban J connectivity index is 1.96. The molecule has 1 aromatic heterocycles. The van der Waals surface area contributed by atoms with Gasteiger partial charge in [-0.15, -0.1) is 11.3 Å². The maximum atomic E-state index is 8.76. The number of thiophene rings is 1.